The number of aromatic nitrogens is 4. The van der Waals surface area contributed by atoms with E-state index in [-0.39, 0.29) is 6.04 Å². The highest BCUT2D eigenvalue weighted by atomic mass is 19.1. The van der Waals surface area contributed by atoms with Gasteiger partial charge in [-0.15, -0.1) is 0 Å². The van der Waals surface area contributed by atoms with E-state index >= 15 is 0 Å². The normalized spacial score (nSPS) is 13.0. The minimum atomic E-state index is -0.641. The van der Waals surface area contributed by atoms with Crippen LogP contribution in [0.25, 0.3) is 11.2 Å². The van der Waals surface area contributed by atoms with Crippen molar-refractivity contribution in [1.29, 1.82) is 0 Å². The fourth-order valence-corrected chi connectivity index (χ4v) is 1.25. The van der Waals surface area contributed by atoms with Crippen LogP contribution in [0.5, 0.6) is 0 Å². The van der Waals surface area contributed by atoms with E-state index < -0.39 is 6.08 Å². The Kier molecular flexibility index (Phi) is 2.49. The van der Waals surface area contributed by atoms with Gasteiger partial charge in [0, 0.05) is 6.04 Å². The molecular formula is C9H12FN5. The number of imidazole rings is 1. The van der Waals surface area contributed by atoms with Crippen LogP contribution >= 0.6 is 0 Å². The molecule has 0 aromatic carbocycles. The lowest BCUT2D eigenvalue weighted by Gasteiger charge is -2.11. The summed E-state index contributed by atoms with van der Waals surface area (Å²) in [5.41, 5.74) is 0.851. The molecule has 0 bridgehead atoms. The summed E-state index contributed by atoms with van der Waals surface area (Å²) in [6.07, 6.45) is 1.69. The molecule has 2 aromatic heterocycles. The van der Waals surface area contributed by atoms with Gasteiger partial charge in [0.1, 0.15) is 11.8 Å². The SMILES string of the molecule is CC[C@H](C)Nc1ncnc2nc(F)[nH]c12. The number of fused-ring (bicyclic) bond motifs is 1. The molecule has 0 saturated heterocycles. The molecule has 0 radical (unpaired) electrons. The number of nitrogens with zero attached hydrogens (tertiary/aromatic N) is 3. The molecular weight excluding hydrogens is 197 g/mol. The van der Waals surface area contributed by atoms with Crippen molar-refractivity contribution in [2.24, 2.45) is 0 Å². The molecule has 15 heavy (non-hydrogen) atoms. The van der Waals surface area contributed by atoms with Crippen LogP contribution in [0.1, 0.15) is 20.3 Å². The number of rotatable bonds is 3. The van der Waals surface area contributed by atoms with Crippen LogP contribution in [0.4, 0.5) is 10.2 Å². The van der Waals surface area contributed by atoms with Gasteiger partial charge >= 0.3 is 0 Å². The number of hydrogen-bond acceptors (Lipinski definition) is 4. The predicted octanol–water partition coefficient (Wildman–Crippen LogP) is 1.70. The Labute approximate surface area is 86.2 Å². The van der Waals surface area contributed by atoms with Crippen molar-refractivity contribution in [3.05, 3.63) is 12.4 Å². The summed E-state index contributed by atoms with van der Waals surface area (Å²) in [6, 6.07) is 0.273. The van der Waals surface area contributed by atoms with Gasteiger partial charge in [-0.2, -0.15) is 9.37 Å². The molecule has 0 fully saturated rings. The van der Waals surface area contributed by atoms with Gasteiger partial charge in [0.2, 0.25) is 0 Å². The van der Waals surface area contributed by atoms with Crippen LogP contribution in [0.2, 0.25) is 0 Å². The first-order chi connectivity index (χ1) is 7.20. The Morgan fingerprint density at radius 1 is 1.53 bits per heavy atom. The lowest BCUT2D eigenvalue weighted by molar-refractivity contribution is 0.556. The molecule has 0 spiro atoms. The minimum Gasteiger partial charge on any atom is -0.366 e. The number of H-pyrrole nitrogens is 1. The summed E-state index contributed by atoms with van der Waals surface area (Å²) >= 11 is 0. The number of anilines is 1. The third-order valence-corrected chi connectivity index (χ3v) is 2.25. The summed E-state index contributed by atoms with van der Waals surface area (Å²) in [5, 5.41) is 3.16. The molecule has 2 heterocycles. The zero-order chi connectivity index (χ0) is 10.8. The van der Waals surface area contributed by atoms with Crippen molar-refractivity contribution in [2.45, 2.75) is 26.3 Å². The van der Waals surface area contributed by atoms with Gasteiger partial charge in [-0.05, 0) is 13.3 Å². The van der Waals surface area contributed by atoms with Gasteiger partial charge in [-0.3, -0.25) is 0 Å². The lowest BCUT2D eigenvalue weighted by atomic mass is 10.2. The highest BCUT2D eigenvalue weighted by molar-refractivity contribution is 5.82. The van der Waals surface area contributed by atoms with Crippen LogP contribution in [-0.4, -0.2) is 26.0 Å². The zero-order valence-corrected chi connectivity index (χ0v) is 8.58. The van der Waals surface area contributed by atoms with Crippen LogP contribution in [0.3, 0.4) is 0 Å². The molecule has 6 heteroatoms. The molecule has 5 nitrogen and oxygen atoms in total. The standard InChI is InChI=1S/C9H12FN5/c1-3-5(2)13-7-6-8(12-4-11-7)15-9(10)14-6/h4-5H,3H2,1-2H3,(H2,11,12,13,14,15)/t5-/m0/s1. The average Bonchev–Trinajstić information content (AvgIpc) is 2.59. The molecule has 0 amide bonds. The first kappa shape index (κ1) is 9.82. The van der Waals surface area contributed by atoms with Crippen LogP contribution in [-0.2, 0) is 0 Å². The van der Waals surface area contributed by atoms with Crippen LogP contribution in [0, 0.1) is 6.08 Å². The van der Waals surface area contributed by atoms with Gasteiger partial charge < -0.3 is 10.3 Å². The maximum Gasteiger partial charge on any atom is 0.289 e. The Hall–Kier alpha value is -1.72. The van der Waals surface area contributed by atoms with Gasteiger partial charge in [0.25, 0.3) is 6.08 Å². The van der Waals surface area contributed by atoms with Crippen molar-refractivity contribution in [3.63, 3.8) is 0 Å². The number of hydrogen-bond donors (Lipinski definition) is 2. The van der Waals surface area contributed by atoms with Gasteiger partial charge in [0.15, 0.2) is 11.5 Å². The Morgan fingerprint density at radius 3 is 3.07 bits per heavy atom. The van der Waals surface area contributed by atoms with E-state index in [4.69, 9.17) is 0 Å². The van der Waals surface area contributed by atoms with Gasteiger partial charge in [-0.1, -0.05) is 6.92 Å². The Balaban J connectivity index is 2.41. The van der Waals surface area contributed by atoms with Gasteiger partial charge in [0.05, 0.1) is 0 Å². The number of nitrogens with one attached hydrogen (secondary N) is 2. The highest BCUT2D eigenvalue weighted by Gasteiger charge is 2.10. The van der Waals surface area contributed by atoms with Crippen molar-refractivity contribution < 1.29 is 4.39 Å². The molecule has 2 rings (SSSR count). The zero-order valence-electron chi connectivity index (χ0n) is 8.58. The first-order valence-electron chi connectivity index (χ1n) is 4.83. The monoisotopic (exact) mass is 209 g/mol. The minimum absolute atomic E-state index is 0.273. The second kappa shape index (κ2) is 3.80. The molecule has 2 N–H and O–H groups in total. The Morgan fingerprint density at radius 2 is 2.33 bits per heavy atom. The summed E-state index contributed by atoms with van der Waals surface area (Å²) in [7, 11) is 0. The summed E-state index contributed by atoms with van der Waals surface area (Å²) < 4.78 is 12.9. The van der Waals surface area contributed by atoms with E-state index in [2.05, 4.69) is 32.2 Å². The largest absolute Gasteiger partial charge is 0.366 e. The molecule has 0 aliphatic carbocycles. The molecule has 80 valence electrons. The van der Waals surface area contributed by atoms with Crippen molar-refractivity contribution in [1.82, 2.24) is 19.9 Å². The van der Waals surface area contributed by atoms with Crippen LogP contribution < -0.4 is 5.32 Å². The fraction of sp³-hybridized carbons (Fsp3) is 0.444. The average molecular weight is 209 g/mol. The number of aromatic amines is 1. The van der Waals surface area contributed by atoms with E-state index in [1.807, 2.05) is 6.92 Å². The maximum atomic E-state index is 12.9. The topological polar surface area (TPSA) is 66.5 Å². The summed E-state index contributed by atoms with van der Waals surface area (Å²) in [6.45, 7) is 4.09. The molecule has 1 atom stereocenters. The second-order valence-electron chi connectivity index (χ2n) is 3.40. The van der Waals surface area contributed by atoms with Gasteiger partial charge in [-0.25, -0.2) is 9.97 Å². The third-order valence-electron chi connectivity index (χ3n) is 2.25. The quantitative estimate of drug-likeness (QED) is 0.755. The molecule has 0 aliphatic rings. The second-order valence-corrected chi connectivity index (χ2v) is 3.40. The molecule has 0 unspecified atom stereocenters. The predicted molar refractivity (Wildman–Crippen MR) is 55.0 cm³/mol. The van der Waals surface area contributed by atoms with Crippen LogP contribution in [0.15, 0.2) is 6.33 Å². The summed E-state index contributed by atoms with van der Waals surface area (Å²) in [4.78, 5) is 14.0. The smallest absolute Gasteiger partial charge is 0.289 e. The van der Waals surface area contributed by atoms with Crippen molar-refractivity contribution in [2.75, 3.05) is 5.32 Å². The lowest BCUT2D eigenvalue weighted by Crippen LogP contribution is -2.14. The van der Waals surface area contributed by atoms with E-state index in [9.17, 15) is 4.39 Å². The maximum absolute atomic E-state index is 12.9. The van der Waals surface area contributed by atoms with E-state index in [0.717, 1.165) is 6.42 Å². The molecule has 0 aliphatic heterocycles. The van der Waals surface area contributed by atoms with E-state index in [1.54, 1.807) is 0 Å². The Bertz CT molecular complexity index is 466. The molecule has 0 saturated carbocycles. The highest BCUT2D eigenvalue weighted by Crippen LogP contribution is 2.17. The first-order valence-corrected chi connectivity index (χ1v) is 4.83. The number of halogens is 1. The van der Waals surface area contributed by atoms with Crippen molar-refractivity contribution >= 4 is 17.0 Å². The fourth-order valence-electron chi connectivity index (χ4n) is 1.25. The third kappa shape index (κ3) is 1.88. The van der Waals surface area contributed by atoms with E-state index in [0.29, 0.717) is 17.0 Å². The van der Waals surface area contributed by atoms with E-state index in [1.165, 1.54) is 6.33 Å². The van der Waals surface area contributed by atoms with Crippen molar-refractivity contribution in [3.8, 4) is 0 Å². The summed E-state index contributed by atoms with van der Waals surface area (Å²) in [5.74, 6) is 0.589. The molecule has 2 aromatic rings.